The van der Waals surface area contributed by atoms with Crippen molar-refractivity contribution in [2.45, 2.75) is 20.1 Å². The highest BCUT2D eigenvalue weighted by atomic mass is 79.9. The van der Waals surface area contributed by atoms with Crippen molar-refractivity contribution in [3.05, 3.63) is 80.2 Å². The Labute approximate surface area is 211 Å². The normalized spacial score (nSPS) is 10.8. The van der Waals surface area contributed by atoms with Crippen LogP contribution in [-0.4, -0.2) is 27.0 Å². The molecule has 0 saturated heterocycles. The van der Waals surface area contributed by atoms with Crippen molar-refractivity contribution in [1.82, 2.24) is 5.43 Å². The molecule has 0 amide bonds. The van der Waals surface area contributed by atoms with Gasteiger partial charge in [0.2, 0.25) is 0 Å². The molecule has 0 aliphatic heterocycles. The summed E-state index contributed by atoms with van der Waals surface area (Å²) in [6, 6.07) is 17.6. The average Bonchev–Trinajstić information content (AvgIpc) is 2.82. The van der Waals surface area contributed by atoms with E-state index in [0.29, 0.717) is 42.8 Å². The number of benzene rings is 3. The first-order valence-corrected chi connectivity index (χ1v) is 11.9. The van der Waals surface area contributed by atoms with Gasteiger partial charge < -0.3 is 24.4 Å². The molecule has 0 fully saturated rings. The molecule has 0 aromatic heterocycles. The van der Waals surface area contributed by atoms with E-state index in [1.54, 1.807) is 20.4 Å². The summed E-state index contributed by atoms with van der Waals surface area (Å²) >= 11 is 7.06. The fourth-order valence-corrected chi connectivity index (χ4v) is 3.89. The monoisotopic (exact) mass is 576 g/mol. The quantitative estimate of drug-likeness (QED) is 0.213. The summed E-state index contributed by atoms with van der Waals surface area (Å²) in [7, 11) is 3.24. The SMILES string of the molecule is CCOc1cc(/C=N/NCc2ccc(OC)c(OC)c2)cc(Br)c1OCc1ccc(Br)cc1. The summed E-state index contributed by atoms with van der Waals surface area (Å²) in [5, 5.41) is 4.34. The average molecular weight is 578 g/mol. The summed E-state index contributed by atoms with van der Waals surface area (Å²) in [5.74, 6) is 2.70. The summed E-state index contributed by atoms with van der Waals surface area (Å²) in [6.45, 7) is 3.45. The van der Waals surface area contributed by atoms with Crippen LogP contribution in [0.2, 0.25) is 0 Å². The fraction of sp³-hybridized carbons (Fsp3) is 0.240. The standard InChI is InChI=1S/C25H26Br2N2O4/c1-4-32-24-13-19(11-21(27)25(24)33-16-17-5-8-20(26)9-6-17)15-29-28-14-18-7-10-22(30-2)23(12-18)31-3/h5-13,15,28H,4,14,16H2,1-3H3/b29-15+. The first-order valence-electron chi connectivity index (χ1n) is 10.3. The highest BCUT2D eigenvalue weighted by Gasteiger charge is 2.12. The molecule has 0 aliphatic carbocycles. The van der Waals surface area contributed by atoms with Crippen LogP contribution in [0.4, 0.5) is 0 Å². The Balaban J connectivity index is 1.66. The van der Waals surface area contributed by atoms with E-state index >= 15 is 0 Å². The Morgan fingerprint density at radius 3 is 2.27 bits per heavy atom. The molecule has 0 saturated carbocycles. The van der Waals surface area contributed by atoms with Crippen LogP contribution < -0.4 is 24.4 Å². The van der Waals surface area contributed by atoms with E-state index in [0.717, 1.165) is 25.6 Å². The van der Waals surface area contributed by atoms with Crippen molar-refractivity contribution >= 4 is 38.1 Å². The number of hydrogen-bond donors (Lipinski definition) is 1. The highest BCUT2D eigenvalue weighted by Crippen LogP contribution is 2.37. The molecule has 3 aromatic carbocycles. The van der Waals surface area contributed by atoms with Crippen LogP contribution in [0, 0.1) is 0 Å². The van der Waals surface area contributed by atoms with E-state index < -0.39 is 0 Å². The summed E-state index contributed by atoms with van der Waals surface area (Å²) in [4.78, 5) is 0. The highest BCUT2D eigenvalue weighted by molar-refractivity contribution is 9.10. The maximum atomic E-state index is 6.06. The largest absolute Gasteiger partial charge is 0.493 e. The predicted octanol–water partition coefficient (Wildman–Crippen LogP) is 6.33. The number of halogens is 2. The maximum Gasteiger partial charge on any atom is 0.175 e. The van der Waals surface area contributed by atoms with Gasteiger partial charge in [0.05, 0.1) is 38.1 Å². The van der Waals surface area contributed by atoms with Gasteiger partial charge in [-0.15, -0.1) is 0 Å². The molecule has 0 bridgehead atoms. The van der Waals surface area contributed by atoms with Crippen LogP contribution in [0.5, 0.6) is 23.0 Å². The molecule has 3 rings (SSSR count). The molecule has 3 aromatic rings. The Bertz CT molecular complexity index is 1090. The third kappa shape index (κ3) is 7.14. The van der Waals surface area contributed by atoms with Gasteiger partial charge in [0.1, 0.15) is 6.61 Å². The summed E-state index contributed by atoms with van der Waals surface area (Å²) < 4.78 is 24.3. The molecular formula is C25H26Br2N2O4. The van der Waals surface area contributed by atoms with Crippen molar-refractivity contribution in [3.63, 3.8) is 0 Å². The van der Waals surface area contributed by atoms with Crippen molar-refractivity contribution in [2.75, 3.05) is 20.8 Å². The van der Waals surface area contributed by atoms with Crippen molar-refractivity contribution in [1.29, 1.82) is 0 Å². The van der Waals surface area contributed by atoms with Gasteiger partial charge in [-0.25, -0.2) is 0 Å². The molecule has 0 atom stereocenters. The zero-order chi connectivity index (χ0) is 23.6. The second kappa shape index (κ2) is 12.5. The minimum Gasteiger partial charge on any atom is -0.493 e. The number of rotatable bonds is 11. The molecule has 6 nitrogen and oxygen atoms in total. The van der Waals surface area contributed by atoms with E-state index in [2.05, 4.69) is 42.4 Å². The van der Waals surface area contributed by atoms with Crippen molar-refractivity contribution in [3.8, 4) is 23.0 Å². The zero-order valence-corrected chi connectivity index (χ0v) is 21.9. The first-order chi connectivity index (χ1) is 16.0. The van der Waals surface area contributed by atoms with Crippen LogP contribution in [0.25, 0.3) is 0 Å². The van der Waals surface area contributed by atoms with E-state index in [9.17, 15) is 0 Å². The molecule has 0 unspecified atom stereocenters. The van der Waals surface area contributed by atoms with Gasteiger partial charge in [-0.3, -0.25) is 0 Å². The number of ether oxygens (including phenoxy) is 4. The first kappa shape index (κ1) is 24.9. The summed E-state index contributed by atoms with van der Waals surface area (Å²) in [6.07, 6.45) is 1.74. The molecule has 8 heteroatoms. The van der Waals surface area contributed by atoms with E-state index in [-0.39, 0.29) is 0 Å². The van der Waals surface area contributed by atoms with Gasteiger partial charge in [-0.05, 0) is 75.9 Å². The third-order valence-corrected chi connectivity index (χ3v) is 5.78. The van der Waals surface area contributed by atoms with Crippen LogP contribution in [-0.2, 0) is 13.2 Å². The van der Waals surface area contributed by atoms with Crippen LogP contribution in [0.3, 0.4) is 0 Å². The Morgan fingerprint density at radius 2 is 1.58 bits per heavy atom. The van der Waals surface area contributed by atoms with Gasteiger partial charge in [0, 0.05) is 4.47 Å². The van der Waals surface area contributed by atoms with Gasteiger partial charge in [-0.1, -0.05) is 34.1 Å². The maximum absolute atomic E-state index is 6.06. The Morgan fingerprint density at radius 1 is 0.848 bits per heavy atom. The molecule has 0 spiro atoms. The molecule has 0 heterocycles. The number of nitrogens with zero attached hydrogens (tertiary/aromatic N) is 1. The summed E-state index contributed by atoms with van der Waals surface area (Å²) in [5.41, 5.74) is 6.03. The molecular weight excluding hydrogens is 552 g/mol. The minimum absolute atomic E-state index is 0.437. The van der Waals surface area contributed by atoms with Crippen LogP contribution >= 0.6 is 31.9 Å². The van der Waals surface area contributed by atoms with Crippen molar-refractivity contribution in [2.24, 2.45) is 5.10 Å². The molecule has 0 aliphatic rings. The van der Waals surface area contributed by atoms with E-state index in [1.807, 2.05) is 61.5 Å². The predicted molar refractivity (Wildman–Crippen MR) is 138 cm³/mol. The van der Waals surface area contributed by atoms with Gasteiger partial charge in [0.25, 0.3) is 0 Å². The Hall–Kier alpha value is -2.71. The van der Waals surface area contributed by atoms with E-state index in [4.69, 9.17) is 18.9 Å². The van der Waals surface area contributed by atoms with Crippen molar-refractivity contribution < 1.29 is 18.9 Å². The lowest BCUT2D eigenvalue weighted by Gasteiger charge is -2.15. The van der Waals surface area contributed by atoms with Gasteiger partial charge in [0.15, 0.2) is 23.0 Å². The smallest absolute Gasteiger partial charge is 0.175 e. The molecule has 33 heavy (non-hydrogen) atoms. The topological polar surface area (TPSA) is 61.3 Å². The number of hydrogen-bond acceptors (Lipinski definition) is 6. The fourth-order valence-electron chi connectivity index (χ4n) is 3.05. The third-order valence-electron chi connectivity index (χ3n) is 4.66. The lowest BCUT2D eigenvalue weighted by atomic mass is 10.2. The van der Waals surface area contributed by atoms with Crippen LogP contribution in [0.1, 0.15) is 23.6 Å². The molecule has 0 radical (unpaired) electrons. The molecule has 174 valence electrons. The van der Waals surface area contributed by atoms with Gasteiger partial charge >= 0.3 is 0 Å². The Kier molecular flexibility index (Phi) is 9.45. The second-order valence-corrected chi connectivity index (χ2v) is 8.73. The van der Waals surface area contributed by atoms with Gasteiger partial charge in [-0.2, -0.15) is 5.10 Å². The molecule has 1 N–H and O–H groups in total. The number of nitrogens with one attached hydrogen (secondary N) is 1. The zero-order valence-electron chi connectivity index (χ0n) is 18.7. The lowest BCUT2D eigenvalue weighted by Crippen LogP contribution is -2.06. The second-order valence-electron chi connectivity index (χ2n) is 6.96. The number of hydrazone groups is 1. The van der Waals surface area contributed by atoms with Crippen LogP contribution in [0.15, 0.2) is 68.6 Å². The minimum atomic E-state index is 0.437. The number of methoxy groups -OCH3 is 2. The van der Waals surface area contributed by atoms with E-state index in [1.165, 1.54) is 0 Å². The lowest BCUT2D eigenvalue weighted by molar-refractivity contribution is 0.267.